The van der Waals surface area contributed by atoms with E-state index in [0.29, 0.717) is 0 Å². The maximum absolute atomic E-state index is 11.4. The van der Waals surface area contributed by atoms with Gasteiger partial charge < -0.3 is 14.8 Å². The van der Waals surface area contributed by atoms with E-state index >= 15 is 0 Å². The predicted octanol–water partition coefficient (Wildman–Crippen LogP) is 0.00740. The molecule has 0 fully saturated rings. The van der Waals surface area contributed by atoms with Crippen molar-refractivity contribution in [1.82, 2.24) is 5.32 Å². The molecule has 6 nitrogen and oxygen atoms in total. The number of amides is 1. The van der Waals surface area contributed by atoms with Crippen LogP contribution in [-0.2, 0) is 23.9 Å². The van der Waals surface area contributed by atoms with Crippen LogP contribution in [0.4, 0.5) is 0 Å². The fourth-order valence-electron chi connectivity index (χ4n) is 1.07. The maximum Gasteiger partial charge on any atom is 0.329 e. The van der Waals surface area contributed by atoms with Gasteiger partial charge in [-0.15, -0.1) is 0 Å². The molecular weight excluding hydrogens is 214 g/mol. The number of nitrogens with one attached hydrogen (secondary N) is 1. The Hall–Kier alpha value is -1.59. The fourth-order valence-corrected chi connectivity index (χ4v) is 1.07. The third-order valence-corrected chi connectivity index (χ3v) is 1.62. The minimum atomic E-state index is -0.975. The molecule has 1 amide bonds. The fraction of sp³-hybridized carbons (Fsp3) is 0.700. The van der Waals surface area contributed by atoms with Gasteiger partial charge in [0.25, 0.3) is 0 Å². The summed E-state index contributed by atoms with van der Waals surface area (Å²) in [5, 5.41) is 2.34. The Balaban J connectivity index is 4.36. The highest BCUT2D eigenvalue weighted by atomic mass is 16.5. The Labute approximate surface area is 94.3 Å². The standard InChI is InChI=1S/C10H17NO5/c1-4-15-9(13)6-8(11-7(3)12)10(14)16-5-2/h8H,4-6H2,1-3H3,(H,11,12). The molecule has 0 aliphatic rings. The second-order valence-electron chi connectivity index (χ2n) is 3.01. The van der Waals surface area contributed by atoms with Gasteiger partial charge in [0.15, 0.2) is 0 Å². The highest BCUT2D eigenvalue weighted by Crippen LogP contribution is 1.99. The summed E-state index contributed by atoms with van der Waals surface area (Å²) in [7, 11) is 0. The summed E-state index contributed by atoms with van der Waals surface area (Å²) in [5.41, 5.74) is 0. The van der Waals surface area contributed by atoms with Crippen LogP contribution in [-0.4, -0.2) is 37.1 Å². The van der Waals surface area contributed by atoms with Gasteiger partial charge in [-0.2, -0.15) is 0 Å². The SMILES string of the molecule is CCOC(=O)CC(NC(C)=O)C(=O)OCC. The van der Waals surface area contributed by atoms with Gasteiger partial charge >= 0.3 is 11.9 Å². The summed E-state index contributed by atoms with van der Waals surface area (Å²) < 4.78 is 9.41. The third-order valence-electron chi connectivity index (χ3n) is 1.62. The van der Waals surface area contributed by atoms with E-state index in [2.05, 4.69) is 10.1 Å². The molecule has 0 aliphatic carbocycles. The van der Waals surface area contributed by atoms with Crippen molar-refractivity contribution in [2.45, 2.75) is 33.2 Å². The van der Waals surface area contributed by atoms with Crippen molar-refractivity contribution < 1.29 is 23.9 Å². The quantitative estimate of drug-likeness (QED) is 0.651. The zero-order valence-corrected chi connectivity index (χ0v) is 9.74. The molecule has 0 heterocycles. The van der Waals surface area contributed by atoms with Crippen LogP contribution in [0.2, 0.25) is 0 Å². The molecular formula is C10H17NO5. The first-order valence-corrected chi connectivity index (χ1v) is 5.10. The molecule has 16 heavy (non-hydrogen) atoms. The van der Waals surface area contributed by atoms with Gasteiger partial charge in [0.05, 0.1) is 19.6 Å². The van der Waals surface area contributed by atoms with Crippen molar-refractivity contribution in [3.8, 4) is 0 Å². The maximum atomic E-state index is 11.4. The molecule has 92 valence electrons. The van der Waals surface area contributed by atoms with E-state index in [1.165, 1.54) is 6.92 Å². The Morgan fingerprint density at radius 1 is 1.12 bits per heavy atom. The van der Waals surface area contributed by atoms with Gasteiger partial charge in [-0.1, -0.05) is 0 Å². The topological polar surface area (TPSA) is 81.7 Å². The van der Waals surface area contributed by atoms with Crippen molar-refractivity contribution >= 4 is 17.8 Å². The number of esters is 2. The molecule has 0 saturated heterocycles. The number of ether oxygens (including phenoxy) is 2. The minimum Gasteiger partial charge on any atom is -0.466 e. The second kappa shape index (κ2) is 7.67. The molecule has 1 atom stereocenters. The molecule has 0 saturated carbocycles. The van der Waals surface area contributed by atoms with E-state index < -0.39 is 23.9 Å². The molecule has 0 aromatic carbocycles. The van der Waals surface area contributed by atoms with E-state index in [4.69, 9.17) is 4.74 Å². The third kappa shape index (κ3) is 6.00. The lowest BCUT2D eigenvalue weighted by molar-refractivity contribution is -0.153. The average Bonchev–Trinajstić information content (AvgIpc) is 2.16. The summed E-state index contributed by atoms with van der Waals surface area (Å²) in [6.45, 7) is 4.99. The van der Waals surface area contributed by atoms with Gasteiger partial charge in [0.1, 0.15) is 6.04 Å². The lowest BCUT2D eigenvalue weighted by atomic mass is 10.2. The van der Waals surface area contributed by atoms with Crippen molar-refractivity contribution in [3.63, 3.8) is 0 Å². The average molecular weight is 231 g/mol. The molecule has 0 bridgehead atoms. The van der Waals surface area contributed by atoms with Gasteiger partial charge in [-0.05, 0) is 13.8 Å². The Bertz CT molecular complexity index is 264. The number of carbonyl (C=O) groups excluding carboxylic acids is 3. The Morgan fingerprint density at radius 3 is 2.12 bits per heavy atom. The van der Waals surface area contributed by atoms with Crippen LogP contribution in [0.15, 0.2) is 0 Å². The summed E-state index contributed by atoms with van der Waals surface area (Å²) in [4.78, 5) is 33.4. The summed E-state index contributed by atoms with van der Waals surface area (Å²) >= 11 is 0. The molecule has 6 heteroatoms. The van der Waals surface area contributed by atoms with Crippen LogP contribution in [0.1, 0.15) is 27.2 Å². The number of hydrogen-bond donors (Lipinski definition) is 1. The molecule has 0 rings (SSSR count). The first-order valence-electron chi connectivity index (χ1n) is 5.10. The monoisotopic (exact) mass is 231 g/mol. The smallest absolute Gasteiger partial charge is 0.329 e. The first kappa shape index (κ1) is 14.4. The lowest BCUT2D eigenvalue weighted by Gasteiger charge is -2.15. The van der Waals surface area contributed by atoms with Crippen molar-refractivity contribution in [3.05, 3.63) is 0 Å². The molecule has 0 aromatic rings. The molecule has 0 spiro atoms. The van der Waals surface area contributed by atoms with Crippen LogP contribution < -0.4 is 5.32 Å². The van der Waals surface area contributed by atoms with Crippen LogP contribution in [0.3, 0.4) is 0 Å². The molecule has 1 N–H and O–H groups in total. The molecule has 1 unspecified atom stereocenters. The van der Waals surface area contributed by atoms with E-state index in [9.17, 15) is 14.4 Å². The van der Waals surface area contributed by atoms with E-state index in [1.54, 1.807) is 13.8 Å². The summed E-state index contributed by atoms with van der Waals surface area (Å²) in [6.07, 6.45) is -0.216. The van der Waals surface area contributed by atoms with Crippen LogP contribution in [0.5, 0.6) is 0 Å². The van der Waals surface area contributed by atoms with Gasteiger partial charge in [-0.25, -0.2) is 4.79 Å². The van der Waals surface area contributed by atoms with E-state index in [-0.39, 0.29) is 19.6 Å². The zero-order chi connectivity index (χ0) is 12.6. The van der Waals surface area contributed by atoms with Gasteiger partial charge in [0.2, 0.25) is 5.91 Å². The number of hydrogen-bond acceptors (Lipinski definition) is 5. The van der Waals surface area contributed by atoms with E-state index in [0.717, 1.165) is 0 Å². The number of carbonyl (C=O) groups is 3. The molecule has 0 radical (unpaired) electrons. The lowest BCUT2D eigenvalue weighted by Crippen LogP contribution is -2.42. The Kier molecular flexibility index (Phi) is 6.91. The first-order chi connectivity index (χ1) is 7.51. The Morgan fingerprint density at radius 2 is 1.69 bits per heavy atom. The zero-order valence-electron chi connectivity index (χ0n) is 9.74. The second-order valence-corrected chi connectivity index (χ2v) is 3.01. The van der Waals surface area contributed by atoms with Crippen LogP contribution >= 0.6 is 0 Å². The van der Waals surface area contributed by atoms with Crippen molar-refractivity contribution in [1.29, 1.82) is 0 Å². The minimum absolute atomic E-state index is 0.192. The summed E-state index contributed by atoms with van der Waals surface area (Å²) in [6, 6.07) is -0.975. The number of rotatable bonds is 6. The van der Waals surface area contributed by atoms with Gasteiger partial charge in [-0.3, -0.25) is 9.59 Å². The van der Waals surface area contributed by atoms with Crippen LogP contribution in [0.25, 0.3) is 0 Å². The molecule has 0 aliphatic heterocycles. The largest absolute Gasteiger partial charge is 0.466 e. The highest BCUT2D eigenvalue weighted by Gasteiger charge is 2.24. The highest BCUT2D eigenvalue weighted by molar-refractivity contribution is 5.87. The van der Waals surface area contributed by atoms with Gasteiger partial charge in [0, 0.05) is 6.92 Å². The van der Waals surface area contributed by atoms with Crippen molar-refractivity contribution in [2.75, 3.05) is 13.2 Å². The summed E-state index contributed by atoms with van der Waals surface area (Å²) in [5.74, 6) is -1.58. The normalized spacial score (nSPS) is 11.4. The van der Waals surface area contributed by atoms with E-state index in [1.807, 2.05) is 0 Å². The van der Waals surface area contributed by atoms with Crippen molar-refractivity contribution in [2.24, 2.45) is 0 Å². The molecule has 0 aromatic heterocycles. The predicted molar refractivity (Wildman–Crippen MR) is 55.5 cm³/mol. The van der Waals surface area contributed by atoms with Crippen LogP contribution in [0, 0.1) is 0 Å².